The third kappa shape index (κ3) is 2.09. The van der Waals surface area contributed by atoms with E-state index in [0.29, 0.717) is 0 Å². The lowest BCUT2D eigenvalue weighted by atomic mass is 10.1. The summed E-state index contributed by atoms with van der Waals surface area (Å²) in [6, 6.07) is 29.0. The van der Waals surface area contributed by atoms with Crippen LogP contribution in [0, 0.1) is 0 Å². The Morgan fingerprint density at radius 1 is 0.444 bits per heavy atom. The van der Waals surface area contributed by atoms with E-state index in [1.54, 1.807) is 0 Å². The van der Waals surface area contributed by atoms with E-state index in [1.165, 1.54) is 10.8 Å². The van der Waals surface area contributed by atoms with Crippen molar-refractivity contribution in [2.45, 2.75) is 0 Å². The molecular weight excluding hydrogens is 332 g/mol. The fraction of sp³-hybridized carbons (Fsp3) is 0. The highest BCUT2D eigenvalue weighted by Gasteiger charge is 2.13. The van der Waals surface area contributed by atoms with Crippen LogP contribution < -0.4 is 4.74 Å². The number of benzene rings is 4. The number of hydrogen-bond acceptors (Lipinski definition) is 1. The molecule has 0 radical (unpaired) electrons. The van der Waals surface area contributed by atoms with Crippen molar-refractivity contribution >= 4 is 43.6 Å². The summed E-state index contributed by atoms with van der Waals surface area (Å²) in [7, 11) is 0. The molecule has 0 saturated carbocycles. The van der Waals surface area contributed by atoms with E-state index in [1.807, 2.05) is 36.4 Å². The standard InChI is InChI=1S/C24H16N2O/c1-3-9-17-15(7-1)23-19(25-17)11-5-13-21(23)27-22-14-6-12-20-24(22)16-8-2-4-10-18(16)26-20/h1-14,25-26H. The molecule has 0 aliphatic rings. The molecule has 0 amide bonds. The summed E-state index contributed by atoms with van der Waals surface area (Å²) in [5.74, 6) is 1.73. The first-order valence-electron chi connectivity index (χ1n) is 9.05. The highest BCUT2D eigenvalue weighted by Crippen LogP contribution is 2.39. The molecule has 4 aromatic carbocycles. The van der Waals surface area contributed by atoms with E-state index in [2.05, 4.69) is 58.5 Å². The average Bonchev–Trinajstić information content (AvgIpc) is 3.27. The van der Waals surface area contributed by atoms with Gasteiger partial charge in [0.15, 0.2) is 0 Å². The number of aromatic amines is 2. The minimum Gasteiger partial charge on any atom is -0.456 e. The smallest absolute Gasteiger partial charge is 0.137 e. The molecule has 0 aliphatic heterocycles. The average molecular weight is 348 g/mol. The summed E-state index contributed by atoms with van der Waals surface area (Å²) in [5, 5.41) is 4.58. The maximum atomic E-state index is 6.50. The number of ether oxygens (including phenoxy) is 1. The molecule has 3 nitrogen and oxygen atoms in total. The van der Waals surface area contributed by atoms with Gasteiger partial charge in [0.05, 0.1) is 21.8 Å². The van der Waals surface area contributed by atoms with Crippen LogP contribution in [0.3, 0.4) is 0 Å². The van der Waals surface area contributed by atoms with Crippen LogP contribution in [-0.4, -0.2) is 9.97 Å². The Morgan fingerprint density at radius 2 is 0.889 bits per heavy atom. The van der Waals surface area contributed by atoms with Gasteiger partial charge >= 0.3 is 0 Å². The summed E-state index contributed by atoms with van der Waals surface area (Å²) in [4.78, 5) is 6.96. The third-order valence-electron chi connectivity index (χ3n) is 5.20. The van der Waals surface area contributed by atoms with Crippen molar-refractivity contribution in [2.24, 2.45) is 0 Å². The summed E-state index contributed by atoms with van der Waals surface area (Å²) in [5.41, 5.74) is 4.40. The second-order valence-corrected chi connectivity index (χ2v) is 6.80. The van der Waals surface area contributed by atoms with E-state index in [0.717, 1.165) is 44.3 Å². The van der Waals surface area contributed by atoms with Crippen LogP contribution in [0.25, 0.3) is 43.6 Å². The topological polar surface area (TPSA) is 40.8 Å². The fourth-order valence-corrected chi connectivity index (χ4v) is 4.03. The van der Waals surface area contributed by atoms with Crippen molar-refractivity contribution < 1.29 is 4.74 Å². The van der Waals surface area contributed by atoms with Gasteiger partial charge in [-0.2, -0.15) is 0 Å². The molecular formula is C24H16N2O. The first-order valence-corrected chi connectivity index (χ1v) is 9.05. The van der Waals surface area contributed by atoms with Crippen molar-refractivity contribution in [1.82, 2.24) is 9.97 Å². The lowest BCUT2D eigenvalue weighted by Crippen LogP contribution is -1.86. The SMILES string of the molecule is c1ccc2c(c1)[nH]c1cccc(Oc3cccc4[nH]c5ccccc5c34)c12. The van der Waals surface area contributed by atoms with E-state index >= 15 is 0 Å². The van der Waals surface area contributed by atoms with Gasteiger partial charge in [0.2, 0.25) is 0 Å². The minimum atomic E-state index is 0.864. The molecule has 0 fully saturated rings. The Labute approximate surface area is 155 Å². The number of para-hydroxylation sites is 2. The molecule has 6 aromatic rings. The minimum absolute atomic E-state index is 0.864. The van der Waals surface area contributed by atoms with Crippen LogP contribution in [0.15, 0.2) is 84.9 Å². The van der Waals surface area contributed by atoms with Crippen LogP contribution in [0.5, 0.6) is 11.5 Å². The predicted molar refractivity (Wildman–Crippen MR) is 112 cm³/mol. The van der Waals surface area contributed by atoms with Gasteiger partial charge in [0.25, 0.3) is 0 Å². The molecule has 3 heteroatoms. The van der Waals surface area contributed by atoms with Gasteiger partial charge in [-0.25, -0.2) is 0 Å². The maximum Gasteiger partial charge on any atom is 0.137 e. The van der Waals surface area contributed by atoms with Crippen molar-refractivity contribution in [3.63, 3.8) is 0 Å². The van der Waals surface area contributed by atoms with E-state index < -0.39 is 0 Å². The van der Waals surface area contributed by atoms with Crippen molar-refractivity contribution in [1.29, 1.82) is 0 Å². The number of hydrogen-bond donors (Lipinski definition) is 2. The van der Waals surface area contributed by atoms with Crippen molar-refractivity contribution in [3.8, 4) is 11.5 Å². The maximum absolute atomic E-state index is 6.50. The van der Waals surface area contributed by atoms with Crippen LogP contribution in [0.4, 0.5) is 0 Å². The molecule has 0 unspecified atom stereocenters. The molecule has 0 aliphatic carbocycles. The summed E-state index contributed by atoms with van der Waals surface area (Å²) in [6.07, 6.45) is 0. The molecule has 128 valence electrons. The second kappa shape index (κ2) is 5.39. The van der Waals surface area contributed by atoms with Gasteiger partial charge in [0.1, 0.15) is 11.5 Å². The largest absolute Gasteiger partial charge is 0.456 e. The molecule has 2 heterocycles. The van der Waals surface area contributed by atoms with Gasteiger partial charge in [0, 0.05) is 21.8 Å². The van der Waals surface area contributed by atoms with Gasteiger partial charge in [-0.05, 0) is 36.4 Å². The third-order valence-corrected chi connectivity index (χ3v) is 5.20. The lowest BCUT2D eigenvalue weighted by molar-refractivity contribution is 0.495. The first-order chi connectivity index (χ1) is 13.4. The Kier molecular flexibility index (Phi) is 2.88. The lowest BCUT2D eigenvalue weighted by Gasteiger charge is -2.09. The predicted octanol–water partition coefficient (Wildman–Crippen LogP) is 6.75. The highest BCUT2D eigenvalue weighted by atomic mass is 16.5. The van der Waals surface area contributed by atoms with Gasteiger partial charge < -0.3 is 14.7 Å². The Hall–Kier alpha value is -3.72. The molecule has 0 saturated heterocycles. The molecule has 2 aromatic heterocycles. The summed E-state index contributed by atoms with van der Waals surface area (Å²) >= 11 is 0. The van der Waals surface area contributed by atoms with Crippen LogP contribution >= 0.6 is 0 Å². The summed E-state index contributed by atoms with van der Waals surface area (Å²) < 4.78 is 6.50. The molecule has 0 bridgehead atoms. The monoisotopic (exact) mass is 348 g/mol. The molecule has 0 spiro atoms. The van der Waals surface area contributed by atoms with Crippen LogP contribution in [0.2, 0.25) is 0 Å². The zero-order valence-electron chi connectivity index (χ0n) is 14.5. The van der Waals surface area contributed by atoms with Crippen molar-refractivity contribution in [3.05, 3.63) is 84.9 Å². The van der Waals surface area contributed by atoms with E-state index in [-0.39, 0.29) is 0 Å². The molecule has 27 heavy (non-hydrogen) atoms. The zero-order valence-corrected chi connectivity index (χ0v) is 14.5. The van der Waals surface area contributed by atoms with Crippen LogP contribution in [0.1, 0.15) is 0 Å². The number of nitrogens with one attached hydrogen (secondary N) is 2. The number of H-pyrrole nitrogens is 2. The Balaban J connectivity index is 1.62. The Morgan fingerprint density at radius 3 is 1.41 bits per heavy atom. The van der Waals surface area contributed by atoms with Gasteiger partial charge in [-0.15, -0.1) is 0 Å². The van der Waals surface area contributed by atoms with Crippen LogP contribution in [-0.2, 0) is 0 Å². The van der Waals surface area contributed by atoms with E-state index in [4.69, 9.17) is 4.74 Å². The van der Waals surface area contributed by atoms with Gasteiger partial charge in [-0.1, -0.05) is 48.5 Å². The van der Waals surface area contributed by atoms with Gasteiger partial charge in [-0.3, -0.25) is 0 Å². The normalized spacial score (nSPS) is 11.7. The van der Waals surface area contributed by atoms with E-state index in [9.17, 15) is 0 Å². The second-order valence-electron chi connectivity index (χ2n) is 6.80. The number of rotatable bonds is 2. The molecule has 2 N–H and O–H groups in total. The molecule has 0 atom stereocenters. The molecule has 6 rings (SSSR count). The zero-order chi connectivity index (χ0) is 17.8. The van der Waals surface area contributed by atoms with Crippen molar-refractivity contribution in [2.75, 3.05) is 0 Å². The number of fused-ring (bicyclic) bond motifs is 6. The quantitative estimate of drug-likeness (QED) is 0.357. The Bertz CT molecular complexity index is 1340. The first kappa shape index (κ1) is 14.4. The fourth-order valence-electron chi connectivity index (χ4n) is 4.03. The number of aromatic nitrogens is 2. The highest BCUT2D eigenvalue weighted by molar-refractivity contribution is 6.12. The summed E-state index contributed by atoms with van der Waals surface area (Å²) in [6.45, 7) is 0.